The van der Waals surface area contributed by atoms with Crippen LogP contribution in [0, 0.1) is 5.41 Å². The molecule has 0 bridgehead atoms. The summed E-state index contributed by atoms with van der Waals surface area (Å²) in [5, 5.41) is 0. The molecule has 0 aliphatic rings. The van der Waals surface area contributed by atoms with Crippen molar-refractivity contribution in [2.45, 2.75) is 27.2 Å². The van der Waals surface area contributed by atoms with Gasteiger partial charge in [0.15, 0.2) is 0 Å². The van der Waals surface area contributed by atoms with Crippen molar-refractivity contribution in [2.24, 2.45) is 5.41 Å². The maximum Gasteiger partial charge on any atom is 0.144 e. The van der Waals surface area contributed by atoms with Crippen molar-refractivity contribution in [2.75, 3.05) is 0 Å². The molecule has 1 aromatic heterocycles. The highest BCUT2D eigenvalue weighted by Crippen LogP contribution is 2.16. The summed E-state index contributed by atoms with van der Waals surface area (Å²) in [5.74, 6) is 0.188. The van der Waals surface area contributed by atoms with E-state index in [0.29, 0.717) is 6.42 Å². The molecular formula is C10H14N2O. The summed E-state index contributed by atoms with van der Waals surface area (Å²) in [7, 11) is 0. The summed E-state index contributed by atoms with van der Waals surface area (Å²) < 4.78 is 0. The first kappa shape index (κ1) is 9.84. The van der Waals surface area contributed by atoms with Gasteiger partial charge in [-0.05, 0) is 0 Å². The van der Waals surface area contributed by atoms with E-state index < -0.39 is 0 Å². The van der Waals surface area contributed by atoms with Crippen LogP contribution in [0.15, 0.2) is 18.6 Å². The Labute approximate surface area is 78.2 Å². The lowest BCUT2D eigenvalue weighted by molar-refractivity contribution is -0.125. The Morgan fingerprint density at radius 1 is 1.38 bits per heavy atom. The first-order chi connectivity index (χ1) is 6.00. The van der Waals surface area contributed by atoms with Crippen LogP contribution in [0.5, 0.6) is 0 Å². The van der Waals surface area contributed by atoms with Gasteiger partial charge in [-0.25, -0.2) is 0 Å². The minimum Gasteiger partial charge on any atom is -0.299 e. The zero-order chi connectivity index (χ0) is 9.90. The van der Waals surface area contributed by atoms with Gasteiger partial charge < -0.3 is 0 Å². The molecule has 0 amide bonds. The van der Waals surface area contributed by atoms with Crippen molar-refractivity contribution in [3.63, 3.8) is 0 Å². The molecule has 0 fully saturated rings. The van der Waals surface area contributed by atoms with Gasteiger partial charge in [0.2, 0.25) is 0 Å². The quantitative estimate of drug-likeness (QED) is 0.691. The molecule has 0 saturated heterocycles. The topological polar surface area (TPSA) is 42.9 Å². The van der Waals surface area contributed by atoms with Gasteiger partial charge in [-0.2, -0.15) is 0 Å². The van der Waals surface area contributed by atoms with Gasteiger partial charge >= 0.3 is 0 Å². The summed E-state index contributed by atoms with van der Waals surface area (Å²) >= 11 is 0. The third kappa shape index (κ3) is 2.93. The zero-order valence-corrected chi connectivity index (χ0v) is 8.24. The molecule has 1 aromatic rings. The Bertz CT molecular complexity index is 288. The molecular weight excluding hydrogens is 164 g/mol. The maximum absolute atomic E-state index is 11.6. The number of rotatable bonds is 2. The molecule has 0 radical (unpaired) electrons. The van der Waals surface area contributed by atoms with Crippen LogP contribution in [0.2, 0.25) is 0 Å². The number of aromatic nitrogens is 2. The summed E-state index contributed by atoms with van der Waals surface area (Å²) in [6.07, 6.45) is 5.21. The van der Waals surface area contributed by atoms with Gasteiger partial charge in [0.05, 0.1) is 12.1 Å². The molecule has 0 aromatic carbocycles. The van der Waals surface area contributed by atoms with Gasteiger partial charge in [0, 0.05) is 24.0 Å². The van der Waals surface area contributed by atoms with Crippen molar-refractivity contribution in [1.82, 2.24) is 9.97 Å². The van der Waals surface area contributed by atoms with Crippen LogP contribution >= 0.6 is 0 Å². The van der Waals surface area contributed by atoms with Gasteiger partial charge in [0.1, 0.15) is 5.78 Å². The van der Waals surface area contributed by atoms with Crippen molar-refractivity contribution >= 4 is 5.78 Å². The molecule has 13 heavy (non-hydrogen) atoms. The van der Waals surface area contributed by atoms with E-state index in [4.69, 9.17) is 0 Å². The van der Waals surface area contributed by atoms with Crippen molar-refractivity contribution in [1.29, 1.82) is 0 Å². The van der Waals surface area contributed by atoms with Gasteiger partial charge in [0.25, 0.3) is 0 Å². The van der Waals surface area contributed by atoms with Crippen molar-refractivity contribution in [3.05, 3.63) is 24.3 Å². The van der Waals surface area contributed by atoms with E-state index in [-0.39, 0.29) is 11.2 Å². The summed E-state index contributed by atoms with van der Waals surface area (Å²) in [6.45, 7) is 5.73. The third-order valence-corrected chi connectivity index (χ3v) is 1.79. The summed E-state index contributed by atoms with van der Waals surface area (Å²) in [5.41, 5.74) is 0.444. The predicted octanol–water partition coefficient (Wildman–Crippen LogP) is 1.63. The number of nitrogens with zero attached hydrogens (tertiary/aromatic N) is 2. The van der Waals surface area contributed by atoms with E-state index in [9.17, 15) is 4.79 Å². The number of ketones is 1. The largest absolute Gasteiger partial charge is 0.299 e. The van der Waals surface area contributed by atoms with Gasteiger partial charge in [-0.15, -0.1) is 0 Å². The second kappa shape index (κ2) is 3.64. The van der Waals surface area contributed by atoms with E-state index >= 15 is 0 Å². The number of carbonyl (C=O) groups is 1. The van der Waals surface area contributed by atoms with Crippen LogP contribution < -0.4 is 0 Å². The van der Waals surface area contributed by atoms with Crippen molar-refractivity contribution < 1.29 is 4.79 Å². The number of hydrogen-bond acceptors (Lipinski definition) is 3. The lowest BCUT2D eigenvalue weighted by Crippen LogP contribution is -2.22. The number of carbonyl (C=O) groups excluding carboxylic acids is 1. The first-order valence-corrected chi connectivity index (χ1v) is 4.28. The minimum atomic E-state index is -0.294. The average Bonchev–Trinajstić information content (AvgIpc) is 2.04. The van der Waals surface area contributed by atoms with Crippen LogP contribution in [-0.2, 0) is 11.2 Å². The summed E-state index contributed by atoms with van der Waals surface area (Å²) in [6, 6.07) is 0. The predicted molar refractivity (Wildman–Crippen MR) is 50.2 cm³/mol. The lowest BCUT2D eigenvalue weighted by atomic mass is 9.88. The van der Waals surface area contributed by atoms with E-state index in [1.807, 2.05) is 20.8 Å². The molecule has 0 aliphatic heterocycles. The molecule has 0 unspecified atom stereocenters. The lowest BCUT2D eigenvalue weighted by Gasteiger charge is -2.15. The highest BCUT2D eigenvalue weighted by Gasteiger charge is 2.21. The fraction of sp³-hybridized carbons (Fsp3) is 0.500. The van der Waals surface area contributed by atoms with Crippen LogP contribution in [0.1, 0.15) is 26.5 Å². The molecule has 1 rings (SSSR count). The molecule has 0 spiro atoms. The smallest absolute Gasteiger partial charge is 0.144 e. The highest BCUT2D eigenvalue weighted by molar-refractivity contribution is 5.85. The molecule has 1 heterocycles. The van der Waals surface area contributed by atoms with Crippen LogP contribution in [-0.4, -0.2) is 15.8 Å². The standard InChI is InChI=1S/C10H14N2O/c1-10(2,3)9(13)6-8-7-11-4-5-12-8/h4-5,7H,6H2,1-3H3. The van der Waals surface area contributed by atoms with Crippen LogP contribution in [0.4, 0.5) is 0 Å². The molecule has 3 nitrogen and oxygen atoms in total. The van der Waals surface area contributed by atoms with E-state index in [0.717, 1.165) is 5.69 Å². The molecule has 0 N–H and O–H groups in total. The fourth-order valence-electron chi connectivity index (χ4n) is 0.851. The van der Waals surface area contributed by atoms with E-state index in [1.54, 1.807) is 18.6 Å². The zero-order valence-electron chi connectivity index (χ0n) is 8.24. The molecule has 3 heteroatoms. The second-order valence-electron chi connectivity index (χ2n) is 4.05. The number of hydrogen-bond donors (Lipinski definition) is 0. The van der Waals surface area contributed by atoms with Gasteiger partial charge in [-0.3, -0.25) is 14.8 Å². The Morgan fingerprint density at radius 2 is 2.08 bits per heavy atom. The van der Waals surface area contributed by atoms with E-state index in [2.05, 4.69) is 9.97 Å². The summed E-state index contributed by atoms with van der Waals surface area (Å²) in [4.78, 5) is 19.5. The highest BCUT2D eigenvalue weighted by atomic mass is 16.1. The second-order valence-corrected chi connectivity index (χ2v) is 4.05. The van der Waals surface area contributed by atoms with Crippen molar-refractivity contribution in [3.8, 4) is 0 Å². The first-order valence-electron chi connectivity index (χ1n) is 4.28. The maximum atomic E-state index is 11.6. The Balaban J connectivity index is 2.66. The average molecular weight is 178 g/mol. The van der Waals surface area contributed by atoms with Crippen LogP contribution in [0.3, 0.4) is 0 Å². The molecule has 0 aliphatic carbocycles. The minimum absolute atomic E-state index is 0.188. The Morgan fingerprint density at radius 3 is 2.54 bits per heavy atom. The Kier molecular flexibility index (Phi) is 2.76. The van der Waals surface area contributed by atoms with E-state index in [1.165, 1.54) is 0 Å². The third-order valence-electron chi connectivity index (χ3n) is 1.79. The van der Waals surface area contributed by atoms with Gasteiger partial charge in [-0.1, -0.05) is 20.8 Å². The SMILES string of the molecule is CC(C)(C)C(=O)Cc1cnccn1. The number of Topliss-reactive ketones (excluding diaryl/α,β-unsaturated/α-hetero) is 1. The monoisotopic (exact) mass is 178 g/mol. The Hall–Kier alpha value is -1.25. The fourth-order valence-corrected chi connectivity index (χ4v) is 0.851. The van der Waals surface area contributed by atoms with Crippen LogP contribution in [0.25, 0.3) is 0 Å². The molecule has 0 saturated carbocycles. The molecule has 0 atom stereocenters. The normalized spacial score (nSPS) is 11.3. The molecule has 70 valence electrons.